The standard InChI is InChI=1S/C25H29F2NO3/c1-28-20-11-13-22(28)21(12-14-24(29)30-2)23(15-20)31-25(16-3-7-18(26)8-4-16)17-5-9-19(27)10-6-17/h3-10,20-23,25H,11-15H2,1-2H3/t20-,21+,22+,23+/m1/s1. The summed E-state index contributed by atoms with van der Waals surface area (Å²) in [6.07, 6.45) is 3.63. The van der Waals surface area contributed by atoms with E-state index in [9.17, 15) is 13.6 Å². The summed E-state index contributed by atoms with van der Waals surface area (Å²) in [5, 5.41) is 0. The predicted molar refractivity (Wildman–Crippen MR) is 113 cm³/mol. The van der Waals surface area contributed by atoms with Crippen molar-refractivity contribution in [1.29, 1.82) is 0 Å². The molecule has 2 fully saturated rings. The second-order valence-electron chi connectivity index (χ2n) is 8.64. The highest BCUT2D eigenvalue weighted by atomic mass is 19.1. The quantitative estimate of drug-likeness (QED) is 0.589. The lowest BCUT2D eigenvalue weighted by Crippen LogP contribution is -2.50. The van der Waals surface area contributed by atoms with Crippen molar-refractivity contribution in [2.45, 2.75) is 56.4 Å². The fraction of sp³-hybridized carbons (Fsp3) is 0.480. The Morgan fingerprint density at radius 2 is 1.61 bits per heavy atom. The highest BCUT2D eigenvalue weighted by Crippen LogP contribution is 2.43. The number of hydrogen-bond donors (Lipinski definition) is 0. The molecule has 0 amide bonds. The van der Waals surface area contributed by atoms with Gasteiger partial charge in [0.25, 0.3) is 0 Å². The number of carbonyl (C=O) groups is 1. The molecule has 4 rings (SSSR count). The number of benzene rings is 2. The van der Waals surface area contributed by atoms with Gasteiger partial charge in [-0.3, -0.25) is 9.69 Å². The fourth-order valence-electron chi connectivity index (χ4n) is 5.25. The minimum atomic E-state index is -0.436. The average molecular weight is 430 g/mol. The molecule has 6 heteroatoms. The molecule has 2 bridgehead atoms. The van der Waals surface area contributed by atoms with Crippen molar-refractivity contribution < 1.29 is 23.0 Å². The lowest BCUT2D eigenvalue weighted by molar-refractivity contribution is -0.142. The molecule has 0 aliphatic carbocycles. The molecule has 2 aromatic rings. The second kappa shape index (κ2) is 9.45. The molecular weight excluding hydrogens is 400 g/mol. The molecule has 0 unspecified atom stereocenters. The third-order valence-electron chi connectivity index (χ3n) is 6.94. The SMILES string of the molecule is COC(=O)CC[C@@H]1[C@@H](OC(c2ccc(F)cc2)c2ccc(F)cc2)C[C@H]2CC[C@@H]1N2C. The van der Waals surface area contributed by atoms with Crippen LogP contribution in [0.15, 0.2) is 48.5 Å². The predicted octanol–water partition coefficient (Wildman–Crippen LogP) is 4.88. The van der Waals surface area contributed by atoms with Crippen LogP contribution in [-0.2, 0) is 14.3 Å². The molecule has 4 nitrogen and oxygen atoms in total. The number of halogens is 2. The Morgan fingerprint density at radius 1 is 1.03 bits per heavy atom. The summed E-state index contributed by atoms with van der Waals surface area (Å²) < 4.78 is 38.7. The molecule has 0 radical (unpaired) electrons. The Morgan fingerprint density at radius 3 is 2.16 bits per heavy atom. The first kappa shape index (κ1) is 21.9. The third-order valence-corrected chi connectivity index (χ3v) is 6.94. The van der Waals surface area contributed by atoms with Crippen LogP contribution >= 0.6 is 0 Å². The Balaban J connectivity index is 1.62. The molecule has 2 saturated heterocycles. The molecule has 0 saturated carbocycles. The van der Waals surface area contributed by atoms with Gasteiger partial charge in [-0.25, -0.2) is 8.78 Å². The fourth-order valence-corrected chi connectivity index (χ4v) is 5.25. The van der Waals surface area contributed by atoms with Crippen molar-refractivity contribution in [3.63, 3.8) is 0 Å². The molecule has 4 atom stereocenters. The molecule has 2 heterocycles. The van der Waals surface area contributed by atoms with E-state index in [1.165, 1.54) is 31.4 Å². The zero-order valence-corrected chi connectivity index (χ0v) is 18.0. The first-order valence-corrected chi connectivity index (χ1v) is 10.9. The zero-order valence-electron chi connectivity index (χ0n) is 18.0. The summed E-state index contributed by atoms with van der Waals surface area (Å²) in [6, 6.07) is 13.4. The van der Waals surface area contributed by atoms with Crippen molar-refractivity contribution in [2.24, 2.45) is 5.92 Å². The largest absolute Gasteiger partial charge is 0.469 e. The number of methoxy groups -OCH3 is 1. The molecule has 166 valence electrons. The van der Waals surface area contributed by atoms with Gasteiger partial charge in [0, 0.05) is 24.4 Å². The maximum Gasteiger partial charge on any atom is 0.305 e. The highest BCUT2D eigenvalue weighted by Gasteiger charge is 2.46. The molecule has 2 aliphatic heterocycles. The molecule has 31 heavy (non-hydrogen) atoms. The lowest BCUT2D eigenvalue weighted by Gasteiger charge is -2.44. The lowest BCUT2D eigenvalue weighted by atomic mass is 9.83. The second-order valence-corrected chi connectivity index (χ2v) is 8.64. The van der Waals surface area contributed by atoms with Gasteiger partial charge in [-0.15, -0.1) is 0 Å². The first-order chi connectivity index (χ1) is 15.0. The normalized spacial score (nSPS) is 25.7. The van der Waals surface area contributed by atoms with Crippen molar-refractivity contribution in [1.82, 2.24) is 4.90 Å². The Hall–Kier alpha value is -2.31. The number of nitrogens with zero attached hydrogens (tertiary/aromatic N) is 1. The van der Waals surface area contributed by atoms with E-state index in [2.05, 4.69) is 11.9 Å². The summed E-state index contributed by atoms with van der Waals surface area (Å²) in [4.78, 5) is 14.3. The van der Waals surface area contributed by atoms with Gasteiger partial charge in [-0.05, 0) is 68.1 Å². The summed E-state index contributed by atoms with van der Waals surface area (Å²) in [5.41, 5.74) is 1.65. The van der Waals surface area contributed by atoms with E-state index in [4.69, 9.17) is 9.47 Å². The van der Waals surface area contributed by atoms with Crippen LogP contribution in [0.5, 0.6) is 0 Å². The van der Waals surface area contributed by atoms with Gasteiger partial charge in [-0.2, -0.15) is 0 Å². The number of esters is 1. The van der Waals surface area contributed by atoms with Gasteiger partial charge in [0.15, 0.2) is 0 Å². The molecular formula is C25H29F2NO3. The van der Waals surface area contributed by atoms with Crippen LogP contribution in [-0.4, -0.2) is 43.2 Å². The molecule has 2 aliphatic rings. The summed E-state index contributed by atoms with van der Waals surface area (Å²) >= 11 is 0. The van der Waals surface area contributed by atoms with Crippen LogP contribution in [0.25, 0.3) is 0 Å². The minimum absolute atomic E-state index is 0.0570. The molecule has 2 aromatic carbocycles. The van der Waals surface area contributed by atoms with Crippen molar-refractivity contribution in [3.05, 3.63) is 71.3 Å². The zero-order chi connectivity index (χ0) is 22.0. The number of hydrogen-bond acceptors (Lipinski definition) is 4. The molecule has 0 aromatic heterocycles. The first-order valence-electron chi connectivity index (χ1n) is 10.9. The van der Waals surface area contributed by atoms with Crippen LogP contribution in [0.1, 0.15) is 49.3 Å². The van der Waals surface area contributed by atoms with Crippen LogP contribution in [0.2, 0.25) is 0 Å². The van der Waals surface area contributed by atoms with E-state index in [1.807, 2.05) is 0 Å². The van der Waals surface area contributed by atoms with Crippen LogP contribution in [0, 0.1) is 17.6 Å². The third kappa shape index (κ3) is 4.80. The maximum atomic E-state index is 13.5. The van der Waals surface area contributed by atoms with Crippen LogP contribution in [0.4, 0.5) is 8.78 Å². The Labute approximate surface area is 182 Å². The average Bonchev–Trinajstić information content (AvgIpc) is 3.02. The van der Waals surface area contributed by atoms with Crippen molar-refractivity contribution >= 4 is 5.97 Å². The Bertz CT molecular complexity index is 841. The highest BCUT2D eigenvalue weighted by molar-refractivity contribution is 5.69. The monoisotopic (exact) mass is 429 g/mol. The van der Waals surface area contributed by atoms with Crippen molar-refractivity contribution in [2.75, 3.05) is 14.2 Å². The van der Waals surface area contributed by atoms with Gasteiger partial charge in [0.2, 0.25) is 0 Å². The van der Waals surface area contributed by atoms with Crippen molar-refractivity contribution in [3.8, 4) is 0 Å². The minimum Gasteiger partial charge on any atom is -0.469 e. The van der Waals surface area contributed by atoms with Gasteiger partial charge in [0.05, 0.1) is 13.2 Å². The number of fused-ring (bicyclic) bond motifs is 2. The molecule has 0 spiro atoms. The van der Waals surface area contributed by atoms with Crippen LogP contribution in [0.3, 0.4) is 0 Å². The topological polar surface area (TPSA) is 38.8 Å². The number of carbonyl (C=O) groups excluding carboxylic acids is 1. The molecule has 0 N–H and O–H groups in total. The number of rotatable bonds is 7. The summed E-state index contributed by atoms with van der Waals surface area (Å²) in [7, 11) is 3.56. The van der Waals surface area contributed by atoms with Gasteiger partial charge >= 0.3 is 5.97 Å². The van der Waals surface area contributed by atoms with E-state index < -0.39 is 6.10 Å². The van der Waals surface area contributed by atoms with Crippen LogP contribution < -0.4 is 0 Å². The van der Waals surface area contributed by atoms with E-state index >= 15 is 0 Å². The number of piperidine rings is 1. The van der Waals surface area contributed by atoms with Gasteiger partial charge < -0.3 is 9.47 Å². The van der Waals surface area contributed by atoms with Gasteiger partial charge in [0.1, 0.15) is 17.7 Å². The smallest absolute Gasteiger partial charge is 0.305 e. The van der Waals surface area contributed by atoms with E-state index in [0.717, 1.165) is 30.4 Å². The maximum absolute atomic E-state index is 13.5. The summed E-state index contributed by atoms with van der Waals surface area (Å²) in [5.74, 6) is -0.647. The Kier molecular flexibility index (Phi) is 6.68. The number of ether oxygens (including phenoxy) is 2. The van der Waals surface area contributed by atoms with E-state index in [-0.39, 0.29) is 29.6 Å². The van der Waals surface area contributed by atoms with E-state index in [0.29, 0.717) is 24.9 Å². The summed E-state index contributed by atoms with van der Waals surface area (Å²) in [6.45, 7) is 0. The van der Waals surface area contributed by atoms with E-state index in [1.54, 1.807) is 24.3 Å². The van der Waals surface area contributed by atoms with Gasteiger partial charge in [-0.1, -0.05) is 24.3 Å².